The van der Waals surface area contributed by atoms with E-state index in [1.165, 1.54) is 17.0 Å². The first kappa shape index (κ1) is 24.9. The SMILES string of the molecule is CCN(C(=O)O)[C@]1(C(=O)C2CCN(c3ccc(C#N)nc3)CC2)CNC[C@H]1c1ccc(Cl)c(F)c1. The maximum atomic E-state index is 14.3. The largest absolute Gasteiger partial charge is 0.465 e. The van der Waals surface area contributed by atoms with Gasteiger partial charge in [-0.05, 0) is 49.6 Å². The summed E-state index contributed by atoms with van der Waals surface area (Å²) < 4.78 is 14.3. The molecule has 0 spiro atoms. The molecule has 0 bridgehead atoms. The van der Waals surface area contributed by atoms with Gasteiger partial charge >= 0.3 is 6.09 Å². The average molecular weight is 500 g/mol. The molecule has 0 unspecified atom stereocenters. The van der Waals surface area contributed by atoms with Crippen LogP contribution in [0.1, 0.15) is 36.9 Å². The molecule has 1 aromatic carbocycles. The Hall–Kier alpha value is -3.22. The van der Waals surface area contributed by atoms with E-state index in [-0.39, 0.29) is 29.8 Å². The van der Waals surface area contributed by atoms with Gasteiger partial charge in [0.2, 0.25) is 0 Å². The van der Waals surface area contributed by atoms with Crippen molar-refractivity contribution in [3.63, 3.8) is 0 Å². The Morgan fingerprint density at radius 2 is 2.09 bits per heavy atom. The van der Waals surface area contributed by atoms with Gasteiger partial charge in [0.25, 0.3) is 0 Å². The lowest BCUT2D eigenvalue weighted by atomic mass is 9.71. The van der Waals surface area contributed by atoms with Crippen molar-refractivity contribution < 1.29 is 19.1 Å². The highest BCUT2D eigenvalue weighted by molar-refractivity contribution is 6.30. The van der Waals surface area contributed by atoms with Gasteiger partial charge in [-0.25, -0.2) is 14.2 Å². The molecule has 1 amide bonds. The highest BCUT2D eigenvalue weighted by atomic mass is 35.5. The zero-order chi connectivity index (χ0) is 25.2. The molecule has 10 heteroatoms. The van der Waals surface area contributed by atoms with Gasteiger partial charge in [0.05, 0.1) is 16.9 Å². The van der Waals surface area contributed by atoms with Crippen molar-refractivity contribution in [2.24, 2.45) is 5.92 Å². The van der Waals surface area contributed by atoms with Crippen LogP contribution in [0.5, 0.6) is 0 Å². The molecule has 0 aliphatic carbocycles. The van der Waals surface area contributed by atoms with E-state index in [4.69, 9.17) is 16.9 Å². The lowest BCUT2D eigenvalue weighted by Gasteiger charge is -2.45. The predicted octanol–water partition coefficient (Wildman–Crippen LogP) is 3.66. The number of carbonyl (C=O) groups is 2. The Morgan fingerprint density at radius 1 is 1.34 bits per heavy atom. The molecule has 0 radical (unpaired) electrons. The van der Waals surface area contributed by atoms with Gasteiger partial charge < -0.3 is 15.3 Å². The molecule has 0 saturated carbocycles. The zero-order valence-corrected chi connectivity index (χ0v) is 20.1. The lowest BCUT2D eigenvalue weighted by molar-refractivity contribution is -0.135. The van der Waals surface area contributed by atoms with Gasteiger partial charge in [-0.1, -0.05) is 17.7 Å². The second-order valence-electron chi connectivity index (χ2n) is 8.95. The van der Waals surface area contributed by atoms with Crippen LogP contribution in [-0.4, -0.2) is 65.1 Å². The van der Waals surface area contributed by atoms with Gasteiger partial charge in [-0.2, -0.15) is 5.26 Å². The molecule has 2 aliphatic heterocycles. The molecule has 2 saturated heterocycles. The molecule has 2 aliphatic rings. The number of halogens is 2. The summed E-state index contributed by atoms with van der Waals surface area (Å²) in [5, 5.41) is 22.2. The fourth-order valence-electron chi connectivity index (χ4n) is 5.48. The summed E-state index contributed by atoms with van der Waals surface area (Å²) in [6.45, 7) is 3.57. The first-order valence-corrected chi connectivity index (χ1v) is 12.0. The molecule has 4 rings (SSSR count). The summed E-state index contributed by atoms with van der Waals surface area (Å²) in [7, 11) is 0. The lowest BCUT2D eigenvalue weighted by Crippen LogP contribution is -2.63. The van der Waals surface area contributed by atoms with E-state index < -0.39 is 23.4 Å². The second-order valence-corrected chi connectivity index (χ2v) is 9.35. The van der Waals surface area contributed by atoms with Crippen LogP contribution in [0.25, 0.3) is 0 Å². The number of nitrogens with one attached hydrogen (secondary N) is 1. The number of rotatable bonds is 6. The standard InChI is InChI=1S/C25H27ClFN5O3/c1-2-32(24(34)35)25(15-29-14-20(25)17-3-6-21(26)22(27)11-17)23(33)16-7-9-31(10-8-16)19-5-4-18(12-28)30-13-19/h3-6,11,13,16,20,29H,2,7-10,14-15H2,1H3,(H,34,35)/t20-,25+/m0/s1. The van der Waals surface area contributed by atoms with Crippen LogP contribution in [0, 0.1) is 23.1 Å². The minimum absolute atomic E-state index is 0.0214. The predicted molar refractivity (Wildman–Crippen MR) is 129 cm³/mol. The van der Waals surface area contributed by atoms with Crippen molar-refractivity contribution in [1.29, 1.82) is 5.26 Å². The third-order valence-electron chi connectivity index (χ3n) is 7.21. The van der Waals surface area contributed by atoms with Crippen molar-refractivity contribution in [2.45, 2.75) is 31.2 Å². The van der Waals surface area contributed by atoms with E-state index in [2.05, 4.69) is 15.2 Å². The van der Waals surface area contributed by atoms with Crippen LogP contribution >= 0.6 is 11.6 Å². The Morgan fingerprint density at radius 3 is 2.66 bits per heavy atom. The number of anilines is 1. The van der Waals surface area contributed by atoms with E-state index in [1.807, 2.05) is 12.1 Å². The van der Waals surface area contributed by atoms with E-state index >= 15 is 0 Å². The van der Waals surface area contributed by atoms with Crippen LogP contribution in [0.2, 0.25) is 5.02 Å². The van der Waals surface area contributed by atoms with Crippen LogP contribution in [0.15, 0.2) is 36.5 Å². The molecule has 184 valence electrons. The number of amides is 1. The van der Waals surface area contributed by atoms with E-state index in [9.17, 15) is 19.1 Å². The third kappa shape index (κ3) is 4.56. The number of nitrogens with zero attached hydrogens (tertiary/aromatic N) is 4. The summed E-state index contributed by atoms with van der Waals surface area (Å²) in [6, 6.07) is 9.92. The molecule has 8 nitrogen and oxygen atoms in total. The summed E-state index contributed by atoms with van der Waals surface area (Å²) in [5.74, 6) is -1.62. The quantitative estimate of drug-likeness (QED) is 0.624. The normalized spacial score (nSPS) is 22.6. The molecular formula is C25H27ClFN5O3. The minimum Gasteiger partial charge on any atom is -0.465 e. The number of likely N-dealkylation sites (N-methyl/N-ethyl adjacent to an activating group) is 1. The van der Waals surface area contributed by atoms with Crippen LogP contribution in [0.4, 0.5) is 14.9 Å². The highest BCUT2D eigenvalue weighted by Gasteiger charge is 2.56. The van der Waals surface area contributed by atoms with Gasteiger partial charge in [0, 0.05) is 44.6 Å². The fourth-order valence-corrected chi connectivity index (χ4v) is 5.60. The van der Waals surface area contributed by atoms with Crippen LogP contribution in [-0.2, 0) is 4.79 Å². The first-order valence-electron chi connectivity index (χ1n) is 11.6. The Bertz CT molecular complexity index is 1150. The van der Waals surface area contributed by atoms with Crippen molar-refractivity contribution in [3.8, 4) is 6.07 Å². The number of carboxylic acid groups (broad SMARTS) is 1. The zero-order valence-electron chi connectivity index (χ0n) is 19.4. The van der Waals surface area contributed by atoms with Crippen molar-refractivity contribution >= 4 is 29.2 Å². The van der Waals surface area contributed by atoms with Gasteiger partial charge in [-0.3, -0.25) is 9.69 Å². The highest BCUT2D eigenvalue weighted by Crippen LogP contribution is 2.42. The summed E-state index contributed by atoms with van der Waals surface area (Å²) in [4.78, 5) is 33.9. The second kappa shape index (κ2) is 10.2. The summed E-state index contributed by atoms with van der Waals surface area (Å²) in [5.41, 5.74) is 0.421. The van der Waals surface area contributed by atoms with Gasteiger partial charge in [-0.15, -0.1) is 0 Å². The number of carbonyl (C=O) groups excluding carboxylic acids is 1. The molecule has 3 heterocycles. The number of hydrogen-bond acceptors (Lipinski definition) is 6. The molecule has 35 heavy (non-hydrogen) atoms. The smallest absolute Gasteiger partial charge is 0.408 e. The Kier molecular flexibility index (Phi) is 7.24. The molecular weight excluding hydrogens is 473 g/mol. The maximum Gasteiger partial charge on any atom is 0.408 e. The summed E-state index contributed by atoms with van der Waals surface area (Å²) >= 11 is 5.88. The number of hydrogen-bond donors (Lipinski definition) is 2. The first-order chi connectivity index (χ1) is 16.8. The van der Waals surface area contributed by atoms with Crippen molar-refractivity contribution in [1.82, 2.24) is 15.2 Å². The van der Waals surface area contributed by atoms with Crippen LogP contribution < -0.4 is 10.2 Å². The fraction of sp³-hybridized carbons (Fsp3) is 0.440. The van der Waals surface area contributed by atoms with Gasteiger partial charge in [0.15, 0.2) is 5.78 Å². The molecule has 2 N–H and O–H groups in total. The molecule has 2 aromatic rings. The number of piperidine rings is 1. The molecule has 1 aromatic heterocycles. The molecule has 2 atom stereocenters. The maximum absolute atomic E-state index is 14.3. The monoisotopic (exact) mass is 499 g/mol. The number of aromatic nitrogens is 1. The van der Waals surface area contributed by atoms with E-state index in [0.717, 1.165) is 5.69 Å². The summed E-state index contributed by atoms with van der Waals surface area (Å²) in [6.07, 6.45) is 1.58. The molecule has 2 fully saturated rings. The van der Waals surface area contributed by atoms with Crippen molar-refractivity contribution in [2.75, 3.05) is 37.6 Å². The number of benzene rings is 1. The van der Waals surface area contributed by atoms with Gasteiger partial charge in [0.1, 0.15) is 23.1 Å². The van der Waals surface area contributed by atoms with E-state index in [0.29, 0.717) is 43.7 Å². The van der Waals surface area contributed by atoms with E-state index in [1.54, 1.807) is 25.3 Å². The van der Waals surface area contributed by atoms with Crippen molar-refractivity contribution in [3.05, 3.63) is 58.6 Å². The number of Topliss-reactive ketones (excluding diaryl/α,β-unsaturated/α-hetero) is 1. The number of nitriles is 1. The number of ketones is 1. The topological polar surface area (TPSA) is 110 Å². The Balaban J connectivity index is 1.62. The average Bonchev–Trinajstić information content (AvgIpc) is 3.31. The minimum atomic E-state index is -1.34. The van der Waals surface area contributed by atoms with Crippen LogP contribution in [0.3, 0.4) is 0 Å². The number of pyridine rings is 1. The Labute approximate surface area is 208 Å². The third-order valence-corrected chi connectivity index (χ3v) is 7.52.